The van der Waals surface area contributed by atoms with Gasteiger partial charge in [0, 0.05) is 44.7 Å². The van der Waals surface area contributed by atoms with Crippen LogP contribution >= 0.6 is 0 Å². The summed E-state index contributed by atoms with van der Waals surface area (Å²) in [5, 5.41) is 5.59. The maximum Gasteiger partial charge on any atom is 0.258 e. The number of likely N-dealkylation sites (N-methyl/N-ethyl adjacent to an activating group) is 1. The average molecular weight is 547 g/mol. The van der Waals surface area contributed by atoms with Crippen LogP contribution < -0.4 is 20.1 Å². The zero-order chi connectivity index (χ0) is 28.8. The van der Waals surface area contributed by atoms with E-state index < -0.39 is 11.9 Å². The standard InChI is InChI=1S/C29H46N4O6/c1-6-11-22(12-7-2)29(37)33-17-9-8-16-32(4)28(36)21(3)31-26(34)20-39-24-14-13-23(19-25(24)38-5)27(35)30-15-10-18-33/h13-14,19,21-22H,6-12,15-18,20H2,1-5H3,(H,30,35)(H,31,34)/t21-/m0/s1. The molecule has 3 rings (SSSR count). The molecule has 0 aromatic heterocycles. The number of hydrogen-bond acceptors (Lipinski definition) is 6. The van der Waals surface area contributed by atoms with Crippen molar-refractivity contribution < 1.29 is 28.7 Å². The summed E-state index contributed by atoms with van der Waals surface area (Å²) in [6.45, 7) is 7.63. The summed E-state index contributed by atoms with van der Waals surface area (Å²) in [5.41, 5.74) is 0.399. The molecule has 0 fully saturated rings. The van der Waals surface area contributed by atoms with Gasteiger partial charge in [-0.25, -0.2) is 0 Å². The molecule has 2 heterocycles. The topological polar surface area (TPSA) is 117 Å². The molecule has 0 saturated heterocycles. The Morgan fingerprint density at radius 3 is 2.41 bits per heavy atom. The number of hydrogen-bond donors (Lipinski definition) is 2. The maximum atomic E-state index is 13.4. The number of ether oxygens (including phenoxy) is 2. The van der Waals surface area contributed by atoms with Crippen molar-refractivity contribution in [3.63, 3.8) is 0 Å². The first-order valence-corrected chi connectivity index (χ1v) is 14.1. The van der Waals surface area contributed by atoms with Crippen molar-refractivity contribution in [2.24, 2.45) is 5.92 Å². The second-order valence-corrected chi connectivity index (χ2v) is 10.1. The molecule has 0 aliphatic carbocycles. The molecule has 1 aromatic carbocycles. The summed E-state index contributed by atoms with van der Waals surface area (Å²) in [4.78, 5) is 54.9. The van der Waals surface area contributed by atoms with Gasteiger partial charge in [-0.2, -0.15) is 0 Å². The van der Waals surface area contributed by atoms with Gasteiger partial charge < -0.3 is 29.9 Å². The molecule has 0 unspecified atom stereocenters. The minimum atomic E-state index is -0.713. The van der Waals surface area contributed by atoms with Gasteiger partial charge in [0.25, 0.3) is 11.8 Å². The van der Waals surface area contributed by atoms with Crippen molar-refractivity contribution in [2.75, 3.05) is 46.9 Å². The Bertz CT molecular complexity index is 963. The zero-order valence-corrected chi connectivity index (χ0v) is 24.2. The van der Waals surface area contributed by atoms with Gasteiger partial charge >= 0.3 is 0 Å². The number of amides is 4. The lowest BCUT2D eigenvalue weighted by Crippen LogP contribution is -2.47. The monoisotopic (exact) mass is 546 g/mol. The molecule has 2 aliphatic heterocycles. The van der Waals surface area contributed by atoms with Gasteiger partial charge in [0.1, 0.15) is 6.04 Å². The summed E-state index contributed by atoms with van der Waals surface area (Å²) >= 11 is 0. The summed E-state index contributed by atoms with van der Waals surface area (Å²) in [6, 6.07) is 4.02. The zero-order valence-electron chi connectivity index (χ0n) is 24.2. The smallest absolute Gasteiger partial charge is 0.258 e. The first kappa shape index (κ1) is 31.9. The number of carbonyl (C=O) groups excluding carboxylic acids is 4. The molecule has 10 heteroatoms. The second-order valence-electron chi connectivity index (χ2n) is 10.1. The van der Waals surface area contributed by atoms with E-state index in [9.17, 15) is 19.2 Å². The normalized spacial score (nSPS) is 18.7. The highest BCUT2D eigenvalue weighted by atomic mass is 16.5. The van der Waals surface area contributed by atoms with Gasteiger partial charge in [-0.05, 0) is 57.2 Å². The number of carbonyl (C=O) groups is 4. The van der Waals surface area contributed by atoms with Crippen molar-refractivity contribution in [3.05, 3.63) is 23.8 Å². The highest BCUT2D eigenvalue weighted by Gasteiger charge is 2.24. The van der Waals surface area contributed by atoms with Crippen molar-refractivity contribution in [1.29, 1.82) is 0 Å². The van der Waals surface area contributed by atoms with Gasteiger partial charge in [-0.15, -0.1) is 0 Å². The van der Waals surface area contributed by atoms with Crippen LogP contribution in [-0.2, 0) is 14.4 Å². The summed E-state index contributed by atoms with van der Waals surface area (Å²) in [7, 11) is 3.17. The van der Waals surface area contributed by atoms with Crippen LogP contribution in [-0.4, -0.2) is 86.4 Å². The molecule has 2 N–H and O–H groups in total. The molecule has 1 atom stereocenters. The lowest BCUT2D eigenvalue weighted by molar-refractivity contribution is -0.136. The SMILES string of the molecule is CCCC(CCC)C(=O)N1CCCCN(C)C(=O)[C@H](C)NC(=O)COc2ccc(cc2OC)C(=O)NCCC1. The highest BCUT2D eigenvalue weighted by Crippen LogP contribution is 2.28. The Morgan fingerprint density at radius 1 is 1.08 bits per heavy atom. The maximum absolute atomic E-state index is 13.4. The first-order valence-electron chi connectivity index (χ1n) is 14.1. The molecule has 218 valence electrons. The third-order valence-corrected chi connectivity index (χ3v) is 6.91. The molecule has 0 spiro atoms. The number of benzene rings is 1. The van der Waals surface area contributed by atoms with Crippen molar-refractivity contribution in [3.8, 4) is 11.5 Å². The van der Waals surface area contributed by atoms with Crippen LogP contribution in [0.4, 0.5) is 0 Å². The predicted molar refractivity (Wildman–Crippen MR) is 150 cm³/mol. The third-order valence-electron chi connectivity index (χ3n) is 6.91. The Balaban J connectivity index is 2.21. The second kappa shape index (κ2) is 16.6. The summed E-state index contributed by atoms with van der Waals surface area (Å²) in [6.07, 6.45) is 5.74. The molecule has 0 radical (unpaired) electrons. The van der Waals surface area contributed by atoms with Gasteiger partial charge in [-0.1, -0.05) is 26.7 Å². The van der Waals surface area contributed by atoms with E-state index in [-0.39, 0.29) is 30.2 Å². The van der Waals surface area contributed by atoms with Crippen LogP contribution in [0.2, 0.25) is 0 Å². The quantitative estimate of drug-likeness (QED) is 0.530. The lowest BCUT2D eigenvalue weighted by Gasteiger charge is -2.28. The Labute approximate surface area is 232 Å². The number of nitrogens with zero attached hydrogens (tertiary/aromatic N) is 2. The van der Waals surface area contributed by atoms with Gasteiger partial charge in [0.2, 0.25) is 11.8 Å². The molecule has 2 bridgehead atoms. The molecular weight excluding hydrogens is 500 g/mol. The number of nitrogens with one attached hydrogen (secondary N) is 2. The molecule has 39 heavy (non-hydrogen) atoms. The average Bonchev–Trinajstić information content (AvgIpc) is 2.93. The van der Waals surface area contributed by atoms with E-state index in [1.807, 2.05) is 4.90 Å². The first-order chi connectivity index (χ1) is 18.7. The predicted octanol–water partition coefficient (Wildman–Crippen LogP) is 3.00. The highest BCUT2D eigenvalue weighted by molar-refractivity contribution is 5.95. The fourth-order valence-corrected chi connectivity index (χ4v) is 4.76. The van der Waals surface area contributed by atoms with E-state index >= 15 is 0 Å². The fourth-order valence-electron chi connectivity index (χ4n) is 4.76. The Morgan fingerprint density at radius 2 is 1.74 bits per heavy atom. The van der Waals surface area contributed by atoms with Crippen LogP contribution in [0.5, 0.6) is 11.5 Å². The van der Waals surface area contributed by atoms with E-state index in [1.54, 1.807) is 37.1 Å². The molecule has 10 nitrogen and oxygen atoms in total. The fraction of sp³-hybridized carbons (Fsp3) is 0.655. The van der Waals surface area contributed by atoms with Gasteiger partial charge in [0.15, 0.2) is 18.1 Å². The minimum Gasteiger partial charge on any atom is -0.493 e. The van der Waals surface area contributed by atoms with E-state index in [4.69, 9.17) is 9.47 Å². The number of rotatable bonds is 6. The van der Waals surface area contributed by atoms with Crippen molar-refractivity contribution in [2.45, 2.75) is 71.8 Å². The van der Waals surface area contributed by atoms with Gasteiger partial charge in [-0.3, -0.25) is 19.2 Å². The largest absolute Gasteiger partial charge is 0.493 e. The molecule has 1 aromatic rings. The Kier molecular flexibility index (Phi) is 13.6. The van der Waals surface area contributed by atoms with Crippen LogP contribution in [0.25, 0.3) is 0 Å². The molecule has 4 amide bonds. The Hall–Kier alpha value is -3.30. The molecule has 0 saturated carbocycles. The van der Waals surface area contributed by atoms with Crippen molar-refractivity contribution in [1.82, 2.24) is 20.4 Å². The van der Waals surface area contributed by atoms with Crippen LogP contribution in [0.3, 0.4) is 0 Å². The minimum absolute atomic E-state index is 0.00554. The van der Waals surface area contributed by atoms with Crippen molar-refractivity contribution >= 4 is 23.6 Å². The summed E-state index contributed by atoms with van der Waals surface area (Å²) < 4.78 is 11.0. The molecule has 2 aliphatic rings. The third kappa shape index (κ3) is 10.1. The van der Waals surface area contributed by atoms with E-state index in [0.29, 0.717) is 49.7 Å². The van der Waals surface area contributed by atoms with E-state index in [0.717, 1.165) is 38.5 Å². The molecular formula is C29H46N4O6. The van der Waals surface area contributed by atoms with Crippen LogP contribution in [0, 0.1) is 5.92 Å². The lowest BCUT2D eigenvalue weighted by atomic mass is 9.96. The summed E-state index contributed by atoms with van der Waals surface area (Å²) in [5.74, 6) is -0.0856. The number of methoxy groups -OCH3 is 1. The van der Waals surface area contributed by atoms with E-state index in [2.05, 4.69) is 24.5 Å². The van der Waals surface area contributed by atoms with Gasteiger partial charge in [0.05, 0.1) is 7.11 Å². The van der Waals surface area contributed by atoms with Crippen LogP contribution in [0.1, 0.15) is 76.1 Å². The van der Waals surface area contributed by atoms with Crippen LogP contribution in [0.15, 0.2) is 18.2 Å². The number of fused-ring (bicyclic) bond motifs is 18. The van der Waals surface area contributed by atoms with E-state index in [1.165, 1.54) is 7.11 Å².